The number of hydrogen-bond donors (Lipinski definition) is 1. The van der Waals surface area contributed by atoms with Crippen LogP contribution in [0, 0.1) is 0 Å². The van der Waals surface area contributed by atoms with Crippen molar-refractivity contribution in [1.29, 1.82) is 0 Å². The summed E-state index contributed by atoms with van der Waals surface area (Å²) in [5, 5.41) is 7.65. The van der Waals surface area contributed by atoms with Gasteiger partial charge < -0.3 is 10.1 Å². The number of nitrogens with zero attached hydrogens (tertiary/aromatic N) is 2. The van der Waals surface area contributed by atoms with Crippen molar-refractivity contribution < 1.29 is 4.74 Å². The molecule has 0 saturated carbocycles. The van der Waals surface area contributed by atoms with Gasteiger partial charge in [0.05, 0.1) is 12.8 Å². The Kier molecular flexibility index (Phi) is 4.58. The lowest BCUT2D eigenvalue weighted by molar-refractivity contribution is 0.340. The molecule has 0 aliphatic rings. The number of aryl methyl sites for hydroxylation is 1. The third-order valence-corrected chi connectivity index (χ3v) is 3.06. The van der Waals surface area contributed by atoms with Crippen LogP contribution in [-0.4, -0.2) is 16.4 Å². The van der Waals surface area contributed by atoms with Crippen LogP contribution >= 0.6 is 0 Å². The molecule has 0 aliphatic carbocycles. The molecule has 0 bridgehead atoms. The van der Waals surface area contributed by atoms with Gasteiger partial charge in [0.1, 0.15) is 5.75 Å². The minimum absolute atomic E-state index is 0.302. The van der Waals surface area contributed by atoms with Gasteiger partial charge in [-0.1, -0.05) is 12.1 Å². The fourth-order valence-corrected chi connectivity index (χ4v) is 1.97. The van der Waals surface area contributed by atoms with Crippen molar-refractivity contribution >= 4 is 0 Å². The maximum Gasteiger partial charge on any atom is 0.119 e. The lowest BCUT2D eigenvalue weighted by Crippen LogP contribution is -2.17. The van der Waals surface area contributed by atoms with Crippen molar-refractivity contribution in [2.45, 2.75) is 26.4 Å². The summed E-state index contributed by atoms with van der Waals surface area (Å²) in [5.41, 5.74) is 2.45. The predicted molar refractivity (Wildman–Crippen MR) is 76.1 cm³/mol. The number of benzene rings is 1. The second-order valence-corrected chi connectivity index (χ2v) is 4.63. The molecule has 102 valence electrons. The topological polar surface area (TPSA) is 39.1 Å². The van der Waals surface area contributed by atoms with Crippen molar-refractivity contribution in [3.8, 4) is 5.75 Å². The molecule has 4 heteroatoms. The summed E-state index contributed by atoms with van der Waals surface area (Å²) >= 11 is 0. The van der Waals surface area contributed by atoms with Crippen molar-refractivity contribution in [1.82, 2.24) is 15.1 Å². The monoisotopic (exact) mass is 259 g/mol. The van der Waals surface area contributed by atoms with Crippen molar-refractivity contribution in [3.63, 3.8) is 0 Å². The second-order valence-electron chi connectivity index (χ2n) is 4.63. The molecule has 0 fully saturated rings. The highest BCUT2D eigenvalue weighted by Gasteiger charge is 2.05. The zero-order chi connectivity index (χ0) is 13.7. The van der Waals surface area contributed by atoms with Crippen LogP contribution in [0.4, 0.5) is 0 Å². The number of rotatable bonds is 6. The Labute approximate surface area is 114 Å². The largest absolute Gasteiger partial charge is 0.494 e. The lowest BCUT2D eigenvalue weighted by atomic mass is 10.1. The number of nitrogens with one attached hydrogen (secondary N) is 1. The highest BCUT2D eigenvalue weighted by atomic mass is 16.5. The van der Waals surface area contributed by atoms with Gasteiger partial charge in [0, 0.05) is 31.4 Å². The maximum absolute atomic E-state index is 5.44. The SMILES string of the molecule is CCOc1ccc(C(C)NCc2cnn(C)c2)cc1. The van der Waals surface area contributed by atoms with E-state index in [9.17, 15) is 0 Å². The van der Waals surface area contributed by atoms with E-state index in [1.165, 1.54) is 11.1 Å². The van der Waals surface area contributed by atoms with Gasteiger partial charge in [-0.3, -0.25) is 4.68 Å². The first-order valence-corrected chi connectivity index (χ1v) is 6.62. The van der Waals surface area contributed by atoms with Crippen LogP contribution < -0.4 is 10.1 Å². The average Bonchev–Trinajstić information content (AvgIpc) is 2.83. The van der Waals surface area contributed by atoms with Crippen molar-refractivity contribution in [3.05, 3.63) is 47.8 Å². The van der Waals surface area contributed by atoms with E-state index in [1.54, 1.807) is 0 Å². The summed E-state index contributed by atoms with van der Waals surface area (Å²) in [6, 6.07) is 8.54. The molecule has 1 aromatic carbocycles. The minimum Gasteiger partial charge on any atom is -0.494 e. The van der Waals surface area contributed by atoms with Gasteiger partial charge in [0.25, 0.3) is 0 Å². The fourth-order valence-electron chi connectivity index (χ4n) is 1.97. The lowest BCUT2D eigenvalue weighted by Gasteiger charge is -2.14. The first kappa shape index (κ1) is 13.6. The van der Waals surface area contributed by atoms with Crippen LogP contribution in [-0.2, 0) is 13.6 Å². The molecule has 1 aromatic heterocycles. The van der Waals surface area contributed by atoms with Crippen LogP contribution in [0.1, 0.15) is 31.0 Å². The molecule has 0 amide bonds. The highest BCUT2D eigenvalue weighted by Crippen LogP contribution is 2.17. The minimum atomic E-state index is 0.302. The molecule has 4 nitrogen and oxygen atoms in total. The normalized spacial score (nSPS) is 12.4. The van der Waals surface area contributed by atoms with Crippen molar-refractivity contribution in [2.75, 3.05) is 6.61 Å². The van der Waals surface area contributed by atoms with Gasteiger partial charge in [-0.25, -0.2) is 0 Å². The van der Waals surface area contributed by atoms with E-state index in [4.69, 9.17) is 4.74 Å². The first-order valence-electron chi connectivity index (χ1n) is 6.62. The van der Waals surface area contributed by atoms with E-state index in [2.05, 4.69) is 29.5 Å². The smallest absolute Gasteiger partial charge is 0.119 e. The highest BCUT2D eigenvalue weighted by molar-refractivity contribution is 5.29. The molecule has 0 aliphatic heterocycles. The van der Waals surface area contributed by atoms with Crippen LogP contribution in [0.25, 0.3) is 0 Å². The Morgan fingerprint density at radius 1 is 1.32 bits per heavy atom. The number of hydrogen-bond acceptors (Lipinski definition) is 3. The summed E-state index contributed by atoms with van der Waals surface area (Å²) in [6.07, 6.45) is 3.91. The van der Waals surface area contributed by atoms with E-state index >= 15 is 0 Å². The summed E-state index contributed by atoms with van der Waals surface area (Å²) < 4.78 is 7.26. The standard InChI is InChI=1S/C15H21N3O/c1-4-19-15-7-5-14(6-8-15)12(2)16-9-13-10-17-18(3)11-13/h5-8,10-12,16H,4,9H2,1-3H3. The average molecular weight is 259 g/mol. The number of ether oxygens (including phenoxy) is 1. The van der Waals surface area contributed by atoms with Gasteiger partial charge in [-0.2, -0.15) is 5.10 Å². The van der Waals surface area contributed by atoms with Crippen LogP contribution in [0.15, 0.2) is 36.7 Å². The Morgan fingerprint density at radius 2 is 2.05 bits per heavy atom. The molecule has 1 N–H and O–H groups in total. The first-order chi connectivity index (χ1) is 9.19. The van der Waals surface area contributed by atoms with E-state index in [0.717, 1.165) is 12.3 Å². The van der Waals surface area contributed by atoms with Crippen LogP contribution in [0.5, 0.6) is 5.75 Å². The molecule has 1 heterocycles. The summed E-state index contributed by atoms with van der Waals surface area (Å²) in [7, 11) is 1.93. The zero-order valence-electron chi connectivity index (χ0n) is 11.8. The van der Waals surface area contributed by atoms with Gasteiger partial charge in [0.15, 0.2) is 0 Å². The Morgan fingerprint density at radius 3 is 2.63 bits per heavy atom. The summed E-state index contributed by atoms with van der Waals surface area (Å²) in [4.78, 5) is 0. The van der Waals surface area contributed by atoms with Gasteiger partial charge in [-0.15, -0.1) is 0 Å². The van der Waals surface area contributed by atoms with Gasteiger partial charge >= 0.3 is 0 Å². The van der Waals surface area contributed by atoms with Gasteiger partial charge in [-0.05, 0) is 31.5 Å². The molecular formula is C15H21N3O. The fraction of sp³-hybridized carbons (Fsp3) is 0.400. The van der Waals surface area contributed by atoms with Crippen LogP contribution in [0.3, 0.4) is 0 Å². The molecule has 1 atom stereocenters. The summed E-state index contributed by atoms with van der Waals surface area (Å²) in [6.45, 7) is 5.68. The maximum atomic E-state index is 5.44. The molecule has 2 rings (SSSR count). The Hall–Kier alpha value is -1.81. The number of aromatic nitrogens is 2. The molecule has 19 heavy (non-hydrogen) atoms. The predicted octanol–water partition coefficient (Wildman–Crippen LogP) is 2.67. The molecule has 1 unspecified atom stereocenters. The van der Waals surface area contributed by atoms with E-state index in [-0.39, 0.29) is 0 Å². The summed E-state index contributed by atoms with van der Waals surface area (Å²) in [5.74, 6) is 0.922. The molecule has 0 spiro atoms. The Bertz CT molecular complexity index is 504. The van der Waals surface area contributed by atoms with Gasteiger partial charge in [0.2, 0.25) is 0 Å². The van der Waals surface area contributed by atoms with E-state index in [0.29, 0.717) is 12.6 Å². The third kappa shape index (κ3) is 3.83. The molecule has 0 radical (unpaired) electrons. The molecular weight excluding hydrogens is 238 g/mol. The van der Waals surface area contributed by atoms with E-state index < -0.39 is 0 Å². The van der Waals surface area contributed by atoms with E-state index in [1.807, 2.05) is 43.2 Å². The second kappa shape index (κ2) is 6.38. The molecule has 0 saturated heterocycles. The van der Waals surface area contributed by atoms with Crippen molar-refractivity contribution in [2.24, 2.45) is 7.05 Å². The zero-order valence-corrected chi connectivity index (χ0v) is 11.8. The Balaban J connectivity index is 1.90. The molecule has 2 aromatic rings. The van der Waals surface area contributed by atoms with Crippen LogP contribution in [0.2, 0.25) is 0 Å². The quantitative estimate of drug-likeness (QED) is 0.867. The third-order valence-electron chi connectivity index (χ3n) is 3.06.